The molecule has 1 aliphatic heterocycles. The van der Waals surface area contributed by atoms with Gasteiger partial charge in [0.15, 0.2) is 17.0 Å². The predicted molar refractivity (Wildman–Crippen MR) is 423 cm³/mol. The van der Waals surface area contributed by atoms with E-state index in [4.69, 9.17) is 23.4 Å². The van der Waals surface area contributed by atoms with E-state index in [9.17, 15) is 82.8 Å². The minimum absolute atomic E-state index is 0.00197. The summed E-state index contributed by atoms with van der Waals surface area (Å²) in [5, 5.41) is 56.2. The molecular weight excluding hydrogens is 1470 g/mol. The van der Waals surface area contributed by atoms with E-state index in [0.717, 1.165) is 42.9 Å². The fourth-order valence-corrected chi connectivity index (χ4v) is 17.7. The van der Waals surface area contributed by atoms with Gasteiger partial charge in [-0.1, -0.05) is 78.0 Å². The summed E-state index contributed by atoms with van der Waals surface area (Å²) in [7, 11) is 0. The van der Waals surface area contributed by atoms with Gasteiger partial charge in [0.25, 0.3) is 5.91 Å². The molecule has 0 spiro atoms. The summed E-state index contributed by atoms with van der Waals surface area (Å²) in [6.07, 6.45) is 11.0. The zero-order chi connectivity index (χ0) is 82.6. The Hall–Kier alpha value is -9.41. The molecular formula is C86H118N6O22. The molecule has 0 aromatic heterocycles. The number of aliphatic carboxylic acids is 2. The number of unbranched alkanes of at least 4 members (excludes halogenated alkanes) is 2. The second-order valence-electron chi connectivity index (χ2n) is 32.2. The Bertz CT molecular complexity index is 4080. The van der Waals surface area contributed by atoms with Crippen LogP contribution in [0.2, 0.25) is 0 Å². The van der Waals surface area contributed by atoms with Crippen molar-refractivity contribution in [3.8, 4) is 28.2 Å². The number of aromatic carboxylic acids is 1. The van der Waals surface area contributed by atoms with Crippen LogP contribution in [0.3, 0.4) is 0 Å². The maximum Gasteiger partial charge on any atom is 0.407 e. The van der Waals surface area contributed by atoms with Crippen molar-refractivity contribution in [2.24, 2.45) is 58.7 Å². The molecule has 2 aromatic carbocycles. The highest BCUT2D eigenvalue weighted by Crippen LogP contribution is 2.67. The molecule has 3 fully saturated rings. The molecule has 28 nitrogen and oxygen atoms in total. The van der Waals surface area contributed by atoms with Crippen LogP contribution in [0.4, 0.5) is 4.79 Å². The number of hydrogen-bond acceptors (Lipinski definition) is 19. The number of fused-ring (bicyclic) bond motifs is 7. The summed E-state index contributed by atoms with van der Waals surface area (Å²) >= 11 is 0. The van der Waals surface area contributed by atoms with E-state index in [1.54, 1.807) is 6.07 Å². The molecule has 28 heteroatoms. The zero-order valence-electron chi connectivity index (χ0n) is 66.9. The SMILES string of the molecule is CC(=O)CCOCCOCCOCCCC(=O)[C@H](CNC(=O)CCCCCNC(=O)c1ccc(-c2c3ccc(=O)cc-3oc3cc(O)ccc23)c(C(=O)O)c1)NC(=O)[C@H](CCC(=O)O)CC(=O)[C@H](CCC(=O)O)NC(=O)CCNC(=O)CCNC(=O)O[C@H]1CCC2C(=CC[C@H]3C2CC(C)C2(C)C3CCC2[C@H](C)CCCC(C)C)C1. The minimum Gasteiger partial charge on any atom is -0.508 e. The largest absolute Gasteiger partial charge is 0.508 e. The maximum absolute atomic E-state index is 14.3. The number of alkyl carbamates (subject to hydrolysis) is 1. The van der Waals surface area contributed by atoms with Crippen molar-refractivity contribution in [1.29, 1.82) is 0 Å². The van der Waals surface area contributed by atoms with Crippen molar-refractivity contribution >= 4 is 81.9 Å². The van der Waals surface area contributed by atoms with Crippen LogP contribution in [-0.4, -0.2) is 175 Å². The number of hydrogen-bond donors (Lipinski definition) is 10. The molecule has 6 amide bonds. The molecule has 5 aliphatic carbocycles. The molecule has 3 saturated carbocycles. The number of carbonyl (C=O) groups is 12. The molecule has 8 rings (SSSR count). The number of aromatic hydroxyl groups is 1. The Morgan fingerprint density at radius 2 is 1.32 bits per heavy atom. The molecule has 6 aliphatic rings. The number of phenolic OH excluding ortho intramolecular Hbond substituents is 1. The van der Waals surface area contributed by atoms with Crippen LogP contribution >= 0.6 is 0 Å². The first-order valence-electron chi connectivity index (χ1n) is 40.8. The second kappa shape index (κ2) is 44.5. The number of carboxylic acid groups (broad SMARTS) is 3. The van der Waals surface area contributed by atoms with Crippen LogP contribution in [-0.2, 0) is 62.1 Å². The van der Waals surface area contributed by atoms with E-state index < -0.39 is 122 Å². The number of rotatable bonds is 49. The van der Waals surface area contributed by atoms with Gasteiger partial charge >= 0.3 is 24.0 Å². The van der Waals surface area contributed by atoms with Gasteiger partial charge < -0.3 is 75.7 Å². The lowest BCUT2D eigenvalue weighted by atomic mass is 9.48. The Morgan fingerprint density at radius 3 is 2.04 bits per heavy atom. The smallest absolute Gasteiger partial charge is 0.407 e. The fraction of sp³-hybridized carbons (Fsp3) is 0.616. The van der Waals surface area contributed by atoms with Crippen LogP contribution in [0, 0.1) is 58.7 Å². The normalized spacial score (nSPS) is 20.7. The van der Waals surface area contributed by atoms with Gasteiger partial charge in [-0.3, -0.25) is 52.7 Å². The lowest BCUT2D eigenvalue weighted by Gasteiger charge is -2.57. The van der Waals surface area contributed by atoms with Gasteiger partial charge in [-0.05, 0) is 172 Å². The highest BCUT2D eigenvalue weighted by atomic mass is 16.6. The molecule has 114 heavy (non-hydrogen) atoms. The lowest BCUT2D eigenvalue weighted by Crippen LogP contribution is -2.51. The zero-order valence-corrected chi connectivity index (χ0v) is 66.9. The number of amides is 6. The van der Waals surface area contributed by atoms with Crippen molar-refractivity contribution in [1.82, 2.24) is 31.9 Å². The van der Waals surface area contributed by atoms with Crippen LogP contribution in [0.15, 0.2) is 75.5 Å². The van der Waals surface area contributed by atoms with E-state index in [1.807, 2.05) is 0 Å². The average molecular weight is 1590 g/mol. The Balaban J connectivity index is 0.788. The summed E-state index contributed by atoms with van der Waals surface area (Å²) in [6, 6.07) is 9.68. The number of allylic oxidation sites excluding steroid dienone is 1. The van der Waals surface area contributed by atoms with Crippen LogP contribution in [0.5, 0.6) is 5.75 Å². The van der Waals surface area contributed by atoms with Crippen LogP contribution in [0.25, 0.3) is 33.4 Å². The van der Waals surface area contributed by atoms with Gasteiger partial charge in [0.1, 0.15) is 35.0 Å². The average Bonchev–Trinajstić information content (AvgIpc) is 1.49. The Labute approximate surface area is 666 Å². The Morgan fingerprint density at radius 1 is 0.614 bits per heavy atom. The third kappa shape index (κ3) is 26.6. The number of ether oxygens (including phenoxy) is 4. The number of carboxylic acids is 3. The van der Waals surface area contributed by atoms with E-state index in [-0.39, 0.29) is 149 Å². The summed E-state index contributed by atoms with van der Waals surface area (Å²) in [5.74, 6) is -4.53. The summed E-state index contributed by atoms with van der Waals surface area (Å²) in [4.78, 5) is 169. The first-order valence-corrected chi connectivity index (χ1v) is 40.8. The second-order valence-corrected chi connectivity index (χ2v) is 32.2. The molecule has 0 radical (unpaired) electrons. The fourth-order valence-electron chi connectivity index (χ4n) is 17.7. The molecule has 624 valence electrons. The third-order valence-corrected chi connectivity index (χ3v) is 23.7. The molecule has 12 atom stereocenters. The van der Waals surface area contributed by atoms with Crippen molar-refractivity contribution in [2.45, 2.75) is 214 Å². The lowest BCUT2D eigenvalue weighted by molar-refractivity contribution is -0.140. The van der Waals surface area contributed by atoms with Crippen molar-refractivity contribution in [2.75, 3.05) is 65.8 Å². The molecule has 0 bridgehead atoms. The third-order valence-electron chi connectivity index (χ3n) is 23.7. The molecule has 6 unspecified atom stereocenters. The number of phenols is 1. The van der Waals surface area contributed by atoms with Gasteiger partial charge in [-0.2, -0.15) is 0 Å². The summed E-state index contributed by atoms with van der Waals surface area (Å²) < 4.78 is 28.3. The van der Waals surface area contributed by atoms with Gasteiger partial charge in [0.2, 0.25) is 23.6 Å². The van der Waals surface area contributed by atoms with Crippen LogP contribution in [0.1, 0.15) is 216 Å². The quantitative estimate of drug-likeness (QED) is 0.0112. The summed E-state index contributed by atoms with van der Waals surface area (Å²) in [6.45, 7) is 14.4. The van der Waals surface area contributed by atoms with E-state index in [0.29, 0.717) is 71.3 Å². The van der Waals surface area contributed by atoms with E-state index in [1.165, 1.54) is 99.6 Å². The van der Waals surface area contributed by atoms with Crippen molar-refractivity contribution in [3.05, 3.63) is 87.6 Å². The van der Waals surface area contributed by atoms with Crippen molar-refractivity contribution < 1.29 is 101 Å². The maximum atomic E-state index is 14.3. The van der Waals surface area contributed by atoms with Crippen LogP contribution < -0.4 is 37.3 Å². The number of benzene rings is 3. The highest BCUT2D eigenvalue weighted by molar-refractivity contribution is 6.09. The first kappa shape index (κ1) is 90.1. The van der Waals surface area contributed by atoms with E-state index in [2.05, 4.69) is 72.6 Å². The Kier molecular flexibility index (Phi) is 35.2. The molecule has 0 saturated heterocycles. The molecule has 10 N–H and O–H groups in total. The topological polar surface area (TPSA) is 425 Å². The number of Topliss-reactive ketones (excluding diaryl/α,β-unsaturated/α-hetero) is 3. The van der Waals surface area contributed by atoms with Crippen molar-refractivity contribution in [3.63, 3.8) is 0 Å². The van der Waals surface area contributed by atoms with E-state index >= 15 is 0 Å². The standard InChI is InChI=1S/C86H118N6O22/c1-51(2)12-10-13-52(3)68-27-28-69-62-22-16-55-45-60(21-26-61(55)66(62)44-53(4)86(68,69)6)113-85(109)89-37-32-77(99)87-36-33-78(100)91-70(29-31-80(103)104)73(97)47-57(18-30-79(101)102)83(106)92-71(72(96)14-11-38-110-40-42-112-43-41-111-39-34-54(5)93)50-90-76(98)15-8-7-9-35-88-82(105)56-17-23-63(67(46-56)84(107)108)81-64-24-19-58(94)48-74(64)114-75-49-59(95)20-25-65(75)81/h16-17,19-20,23-25,46,48-49,51-53,57,60-62,66,68-71,94H,7-15,18,21-22,26-45,47,50H2,1-6H3,(H,87,99)(H,88,105)(H,89,109)(H,90,98)(H,91,100)(H,92,106)(H,101,102)(H,103,104)(H,107,108)/t52-,53?,57-,60+,61?,62+,66?,68?,69?,70+,71+,86?/m1/s1. The predicted octanol–water partition coefficient (Wildman–Crippen LogP) is 10.9. The van der Waals surface area contributed by atoms with Gasteiger partial charge in [0.05, 0.1) is 44.6 Å². The summed E-state index contributed by atoms with van der Waals surface area (Å²) in [5.41, 5.74) is 2.48. The van der Waals surface area contributed by atoms with Gasteiger partial charge in [-0.15, -0.1) is 0 Å². The number of nitrogens with one attached hydrogen (secondary N) is 6. The number of carbonyl (C=O) groups excluding carboxylic acids is 9. The molecule has 1 heterocycles. The van der Waals surface area contributed by atoms with Gasteiger partial charge in [0, 0.05) is 131 Å². The number of ketones is 3. The monoisotopic (exact) mass is 1590 g/mol. The minimum atomic E-state index is -1.48. The molecule has 2 aromatic rings. The highest BCUT2D eigenvalue weighted by Gasteiger charge is 2.59. The first-order chi connectivity index (χ1) is 54.5. The van der Waals surface area contributed by atoms with Gasteiger partial charge in [-0.25, -0.2) is 9.59 Å².